The van der Waals surface area contributed by atoms with E-state index >= 15 is 0 Å². The van der Waals surface area contributed by atoms with E-state index in [1.807, 2.05) is 60.7 Å². The number of allylic oxidation sites excluding steroid dienone is 1. The van der Waals surface area contributed by atoms with E-state index < -0.39 is 0 Å². The van der Waals surface area contributed by atoms with Crippen LogP contribution >= 0.6 is 15.9 Å². The normalized spacial score (nSPS) is 10.7. The molecule has 2 nitrogen and oxygen atoms in total. The number of halogens is 1. The van der Waals surface area contributed by atoms with Crippen molar-refractivity contribution in [1.29, 1.82) is 0 Å². The summed E-state index contributed by atoms with van der Waals surface area (Å²) < 4.78 is 5.58. The van der Waals surface area contributed by atoms with Gasteiger partial charge in [0.25, 0.3) is 0 Å². The first-order valence-electron chi connectivity index (χ1n) is 6.86. The standard InChI is InChI=1S/C18H17BrO2/c19-13-4-14-21-17-10-7-15(8-11-17)9-12-18(20)16-5-2-1-3-6-16/h1-3,5-12H,4,13-14H2/b12-9+. The summed E-state index contributed by atoms with van der Waals surface area (Å²) >= 11 is 3.37. The van der Waals surface area contributed by atoms with Crippen molar-refractivity contribution in [3.05, 3.63) is 71.8 Å². The lowest BCUT2D eigenvalue weighted by atomic mass is 10.1. The van der Waals surface area contributed by atoms with Gasteiger partial charge in [-0.3, -0.25) is 4.79 Å². The third-order valence-corrected chi connectivity index (χ3v) is 3.47. The van der Waals surface area contributed by atoms with Gasteiger partial charge in [-0.1, -0.05) is 64.5 Å². The van der Waals surface area contributed by atoms with Crippen molar-refractivity contribution in [1.82, 2.24) is 0 Å². The lowest BCUT2D eigenvalue weighted by Crippen LogP contribution is -1.97. The van der Waals surface area contributed by atoms with Crippen LogP contribution in [0.4, 0.5) is 0 Å². The van der Waals surface area contributed by atoms with Crippen LogP contribution in [-0.2, 0) is 0 Å². The highest BCUT2D eigenvalue weighted by atomic mass is 79.9. The minimum absolute atomic E-state index is 0.00764. The van der Waals surface area contributed by atoms with Crippen LogP contribution in [0.15, 0.2) is 60.7 Å². The Balaban J connectivity index is 1.93. The van der Waals surface area contributed by atoms with Crippen molar-refractivity contribution < 1.29 is 9.53 Å². The number of rotatable bonds is 7. The summed E-state index contributed by atoms with van der Waals surface area (Å²) in [6, 6.07) is 17.0. The Hall–Kier alpha value is -1.87. The molecule has 0 saturated heterocycles. The van der Waals surface area contributed by atoms with Crippen molar-refractivity contribution in [2.24, 2.45) is 0 Å². The predicted molar refractivity (Wildman–Crippen MR) is 90.2 cm³/mol. The van der Waals surface area contributed by atoms with Gasteiger partial charge < -0.3 is 4.74 Å². The van der Waals surface area contributed by atoms with Gasteiger partial charge in [0, 0.05) is 10.9 Å². The van der Waals surface area contributed by atoms with Gasteiger partial charge >= 0.3 is 0 Å². The van der Waals surface area contributed by atoms with E-state index in [1.54, 1.807) is 6.08 Å². The number of alkyl halides is 1. The average Bonchev–Trinajstić information content (AvgIpc) is 2.55. The van der Waals surface area contributed by atoms with Crippen molar-refractivity contribution in [2.45, 2.75) is 6.42 Å². The molecule has 0 amide bonds. The lowest BCUT2D eigenvalue weighted by Gasteiger charge is -2.04. The van der Waals surface area contributed by atoms with Crippen LogP contribution in [0.2, 0.25) is 0 Å². The van der Waals surface area contributed by atoms with Crippen molar-refractivity contribution in [3.63, 3.8) is 0 Å². The number of benzene rings is 2. The quantitative estimate of drug-likeness (QED) is 0.313. The van der Waals surface area contributed by atoms with Crippen LogP contribution in [0.25, 0.3) is 6.08 Å². The smallest absolute Gasteiger partial charge is 0.185 e. The molecule has 0 saturated carbocycles. The van der Waals surface area contributed by atoms with Gasteiger partial charge in [-0.15, -0.1) is 0 Å². The molecular weight excluding hydrogens is 328 g/mol. The molecule has 0 fully saturated rings. The van der Waals surface area contributed by atoms with E-state index in [-0.39, 0.29) is 5.78 Å². The summed E-state index contributed by atoms with van der Waals surface area (Å²) in [6.45, 7) is 0.701. The highest BCUT2D eigenvalue weighted by Crippen LogP contribution is 2.14. The SMILES string of the molecule is O=C(/C=C/c1ccc(OCCCBr)cc1)c1ccccc1. The number of ether oxygens (including phenoxy) is 1. The van der Waals surface area contributed by atoms with Crippen molar-refractivity contribution in [3.8, 4) is 5.75 Å². The number of carbonyl (C=O) groups excluding carboxylic acids is 1. The Labute approximate surface area is 133 Å². The molecule has 0 radical (unpaired) electrons. The van der Waals surface area contributed by atoms with Gasteiger partial charge in [0.15, 0.2) is 5.78 Å². The second kappa shape index (κ2) is 8.42. The molecule has 21 heavy (non-hydrogen) atoms. The Morgan fingerprint density at radius 1 is 1.05 bits per heavy atom. The molecule has 0 aromatic heterocycles. The fourth-order valence-electron chi connectivity index (χ4n) is 1.79. The Bertz CT molecular complexity index is 588. The van der Waals surface area contributed by atoms with E-state index in [4.69, 9.17) is 4.74 Å². The van der Waals surface area contributed by atoms with Crippen LogP contribution < -0.4 is 4.74 Å². The van der Waals surface area contributed by atoms with Gasteiger partial charge in [-0.25, -0.2) is 0 Å². The summed E-state index contributed by atoms with van der Waals surface area (Å²) in [5.41, 5.74) is 1.68. The van der Waals surface area contributed by atoms with Crippen LogP contribution in [-0.4, -0.2) is 17.7 Å². The molecule has 108 valence electrons. The largest absolute Gasteiger partial charge is 0.494 e. The first kappa shape index (κ1) is 15.5. The van der Waals surface area contributed by atoms with E-state index in [2.05, 4.69) is 15.9 Å². The Morgan fingerprint density at radius 3 is 2.43 bits per heavy atom. The van der Waals surface area contributed by atoms with Gasteiger partial charge in [0.05, 0.1) is 6.61 Å². The first-order chi connectivity index (χ1) is 10.3. The topological polar surface area (TPSA) is 26.3 Å². The molecule has 0 unspecified atom stereocenters. The Kier molecular flexibility index (Phi) is 6.22. The zero-order valence-electron chi connectivity index (χ0n) is 11.7. The first-order valence-corrected chi connectivity index (χ1v) is 7.98. The summed E-state index contributed by atoms with van der Waals surface area (Å²) in [5.74, 6) is 0.857. The van der Waals surface area contributed by atoms with Crippen LogP contribution in [0, 0.1) is 0 Å². The maximum atomic E-state index is 11.9. The second-order valence-electron chi connectivity index (χ2n) is 4.52. The Morgan fingerprint density at radius 2 is 1.76 bits per heavy atom. The van der Waals surface area contributed by atoms with Crippen molar-refractivity contribution in [2.75, 3.05) is 11.9 Å². The molecule has 0 spiro atoms. The molecule has 0 aliphatic carbocycles. The summed E-state index contributed by atoms with van der Waals surface area (Å²) in [5, 5.41) is 0.940. The molecule has 0 atom stereocenters. The third kappa shape index (κ3) is 5.20. The number of hydrogen-bond acceptors (Lipinski definition) is 2. The molecule has 0 aliphatic rings. The molecule has 3 heteroatoms. The minimum atomic E-state index is 0.00764. The number of ketones is 1. The van der Waals surface area contributed by atoms with Crippen LogP contribution in [0.1, 0.15) is 22.3 Å². The molecule has 2 aromatic carbocycles. The van der Waals surface area contributed by atoms with E-state index in [0.717, 1.165) is 23.1 Å². The molecule has 0 aliphatic heterocycles. The van der Waals surface area contributed by atoms with E-state index in [0.29, 0.717) is 12.2 Å². The fraction of sp³-hybridized carbons (Fsp3) is 0.167. The van der Waals surface area contributed by atoms with Crippen molar-refractivity contribution >= 4 is 27.8 Å². The highest BCUT2D eigenvalue weighted by Gasteiger charge is 1.99. The average molecular weight is 345 g/mol. The monoisotopic (exact) mass is 344 g/mol. The molecule has 0 heterocycles. The van der Waals surface area contributed by atoms with Gasteiger partial charge in [0.2, 0.25) is 0 Å². The van der Waals surface area contributed by atoms with E-state index in [9.17, 15) is 4.79 Å². The van der Waals surface area contributed by atoms with Crippen LogP contribution in [0.3, 0.4) is 0 Å². The van der Waals surface area contributed by atoms with Gasteiger partial charge in [0.1, 0.15) is 5.75 Å². The molecule has 2 aromatic rings. The maximum Gasteiger partial charge on any atom is 0.185 e. The maximum absolute atomic E-state index is 11.9. The summed E-state index contributed by atoms with van der Waals surface area (Å²) in [6.07, 6.45) is 4.39. The fourth-order valence-corrected chi connectivity index (χ4v) is 2.02. The van der Waals surface area contributed by atoms with Gasteiger partial charge in [-0.2, -0.15) is 0 Å². The zero-order valence-corrected chi connectivity index (χ0v) is 13.3. The molecule has 0 bridgehead atoms. The zero-order chi connectivity index (χ0) is 14.9. The molecule has 2 rings (SSSR count). The number of carbonyl (C=O) groups is 1. The second-order valence-corrected chi connectivity index (χ2v) is 5.32. The molecule has 0 N–H and O–H groups in total. The minimum Gasteiger partial charge on any atom is -0.494 e. The summed E-state index contributed by atoms with van der Waals surface area (Å²) in [4.78, 5) is 11.9. The lowest BCUT2D eigenvalue weighted by molar-refractivity contribution is 0.104. The highest BCUT2D eigenvalue weighted by molar-refractivity contribution is 9.09. The van der Waals surface area contributed by atoms with Crippen LogP contribution in [0.5, 0.6) is 5.75 Å². The molecular formula is C18H17BrO2. The third-order valence-electron chi connectivity index (χ3n) is 2.91. The summed E-state index contributed by atoms with van der Waals surface area (Å²) in [7, 11) is 0. The number of hydrogen-bond donors (Lipinski definition) is 0. The predicted octanol–water partition coefficient (Wildman–Crippen LogP) is 4.75. The van der Waals surface area contributed by atoms with Gasteiger partial charge in [-0.05, 0) is 30.2 Å². The van der Waals surface area contributed by atoms with E-state index in [1.165, 1.54) is 0 Å².